The Labute approximate surface area is 94.8 Å². The number of hydrogen-bond donors (Lipinski definition) is 2. The van der Waals surface area contributed by atoms with Crippen molar-refractivity contribution in [3.05, 3.63) is 0 Å². The van der Waals surface area contributed by atoms with E-state index in [1.807, 2.05) is 0 Å². The topological polar surface area (TPSA) is 38.0 Å². The maximum absolute atomic E-state index is 12.4. The van der Waals surface area contributed by atoms with Gasteiger partial charge in [0.2, 0.25) is 0 Å². The fourth-order valence-electron chi connectivity index (χ4n) is 2.23. The standard InChI is InChI=1S/C11H21F3N2/c12-11(13,14)10-4-2-9(3-5-10)8-16-7-1-6-15/h9-10,16H,1-8,15H2. The fourth-order valence-corrected chi connectivity index (χ4v) is 2.23. The highest BCUT2D eigenvalue weighted by molar-refractivity contribution is 4.78. The van der Waals surface area contributed by atoms with Gasteiger partial charge in [0.15, 0.2) is 0 Å². The van der Waals surface area contributed by atoms with Gasteiger partial charge in [-0.05, 0) is 57.7 Å². The number of nitrogens with one attached hydrogen (secondary N) is 1. The third-order valence-corrected chi connectivity index (χ3v) is 3.30. The van der Waals surface area contributed by atoms with Crippen LogP contribution in [0.3, 0.4) is 0 Å². The van der Waals surface area contributed by atoms with Gasteiger partial charge in [-0.1, -0.05) is 0 Å². The summed E-state index contributed by atoms with van der Waals surface area (Å²) in [5, 5.41) is 3.25. The average Bonchev–Trinajstić information content (AvgIpc) is 2.24. The molecular weight excluding hydrogens is 217 g/mol. The largest absolute Gasteiger partial charge is 0.391 e. The Hall–Kier alpha value is -0.290. The van der Waals surface area contributed by atoms with Gasteiger partial charge in [0.05, 0.1) is 5.92 Å². The predicted molar refractivity (Wildman–Crippen MR) is 58.0 cm³/mol. The van der Waals surface area contributed by atoms with Crippen LogP contribution in [-0.2, 0) is 0 Å². The van der Waals surface area contributed by atoms with Gasteiger partial charge in [0, 0.05) is 0 Å². The molecule has 1 fully saturated rings. The van der Waals surface area contributed by atoms with Gasteiger partial charge in [0.1, 0.15) is 0 Å². The molecule has 0 aliphatic heterocycles. The smallest absolute Gasteiger partial charge is 0.330 e. The molecule has 0 bridgehead atoms. The molecule has 16 heavy (non-hydrogen) atoms. The molecule has 5 heteroatoms. The van der Waals surface area contributed by atoms with Crippen LogP contribution in [0.5, 0.6) is 0 Å². The first-order valence-electron chi connectivity index (χ1n) is 6.01. The van der Waals surface area contributed by atoms with Gasteiger partial charge in [0.25, 0.3) is 0 Å². The average molecular weight is 238 g/mol. The predicted octanol–water partition coefficient (Wildman–Crippen LogP) is 2.29. The fraction of sp³-hybridized carbons (Fsp3) is 1.00. The summed E-state index contributed by atoms with van der Waals surface area (Å²) in [5.41, 5.74) is 5.35. The Morgan fingerprint density at radius 2 is 1.75 bits per heavy atom. The molecule has 1 rings (SSSR count). The first kappa shape index (κ1) is 13.8. The molecule has 0 aromatic heterocycles. The van der Waals surface area contributed by atoms with Gasteiger partial charge >= 0.3 is 6.18 Å². The van der Waals surface area contributed by atoms with Gasteiger partial charge < -0.3 is 11.1 Å². The van der Waals surface area contributed by atoms with Gasteiger partial charge in [-0.3, -0.25) is 0 Å². The van der Waals surface area contributed by atoms with Crippen molar-refractivity contribution in [1.82, 2.24) is 5.32 Å². The zero-order valence-electron chi connectivity index (χ0n) is 9.52. The lowest BCUT2D eigenvalue weighted by molar-refractivity contribution is -0.183. The van der Waals surface area contributed by atoms with Gasteiger partial charge in [-0.15, -0.1) is 0 Å². The molecule has 0 aromatic carbocycles. The highest BCUT2D eigenvalue weighted by Crippen LogP contribution is 2.39. The Morgan fingerprint density at radius 1 is 1.12 bits per heavy atom. The van der Waals surface area contributed by atoms with Crippen LogP contribution in [0.4, 0.5) is 13.2 Å². The third-order valence-electron chi connectivity index (χ3n) is 3.30. The second kappa shape index (κ2) is 6.45. The zero-order chi connectivity index (χ0) is 12.0. The minimum absolute atomic E-state index is 0.298. The van der Waals surface area contributed by atoms with Crippen LogP contribution in [0.25, 0.3) is 0 Å². The molecular formula is C11H21F3N2. The second-order valence-electron chi connectivity index (χ2n) is 4.61. The van der Waals surface area contributed by atoms with E-state index in [2.05, 4.69) is 5.32 Å². The van der Waals surface area contributed by atoms with E-state index in [1.165, 1.54) is 0 Å². The van der Waals surface area contributed by atoms with Crippen molar-refractivity contribution in [2.24, 2.45) is 17.6 Å². The van der Waals surface area contributed by atoms with E-state index in [-0.39, 0.29) is 0 Å². The van der Waals surface area contributed by atoms with E-state index < -0.39 is 12.1 Å². The zero-order valence-corrected chi connectivity index (χ0v) is 9.52. The maximum Gasteiger partial charge on any atom is 0.391 e. The first-order chi connectivity index (χ1) is 7.54. The van der Waals surface area contributed by atoms with E-state index in [1.54, 1.807) is 0 Å². The summed E-state index contributed by atoms with van der Waals surface area (Å²) in [4.78, 5) is 0. The molecule has 1 saturated carbocycles. The van der Waals surface area contributed by atoms with Crippen LogP contribution in [-0.4, -0.2) is 25.8 Å². The number of nitrogens with two attached hydrogens (primary N) is 1. The molecule has 0 spiro atoms. The third kappa shape index (κ3) is 4.70. The number of rotatable bonds is 5. The number of alkyl halides is 3. The quantitative estimate of drug-likeness (QED) is 0.721. The van der Waals surface area contributed by atoms with Gasteiger partial charge in [-0.25, -0.2) is 0 Å². The highest BCUT2D eigenvalue weighted by atomic mass is 19.4. The van der Waals surface area contributed by atoms with E-state index in [9.17, 15) is 13.2 Å². The Morgan fingerprint density at radius 3 is 2.25 bits per heavy atom. The lowest BCUT2D eigenvalue weighted by atomic mass is 9.81. The monoisotopic (exact) mass is 238 g/mol. The summed E-state index contributed by atoms with van der Waals surface area (Å²) in [7, 11) is 0. The van der Waals surface area contributed by atoms with Crippen LogP contribution >= 0.6 is 0 Å². The lowest BCUT2D eigenvalue weighted by Crippen LogP contribution is -2.32. The van der Waals surface area contributed by atoms with Crippen molar-refractivity contribution >= 4 is 0 Å². The van der Waals surface area contributed by atoms with Crippen LogP contribution in [0.1, 0.15) is 32.1 Å². The molecule has 1 aliphatic rings. The molecule has 0 aromatic rings. The second-order valence-corrected chi connectivity index (χ2v) is 4.61. The lowest BCUT2D eigenvalue weighted by Gasteiger charge is -2.29. The molecule has 1 aliphatic carbocycles. The van der Waals surface area contributed by atoms with Crippen molar-refractivity contribution < 1.29 is 13.2 Å². The molecule has 0 heterocycles. The minimum Gasteiger partial charge on any atom is -0.330 e. The minimum atomic E-state index is -3.99. The summed E-state index contributed by atoms with van der Waals surface area (Å²) in [6.07, 6.45) is -1.07. The molecule has 0 atom stereocenters. The van der Waals surface area contributed by atoms with Crippen LogP contribution in [0, 0.1) is 11.8 Å². The Balaban J connectivity index is 2.12. The molecule has 3 N–H and O–H groups in total. The van der Waals surface area contributed by atoms with E-state index in [0.29, 0.717) is 38.1 Å². The SMILES string of the molecule is NCCCNCC1CCC(C(F)(F)F)CC1. The van der Waals surface area contributed by atoms with Crippen molar-refractivity contribution in [2.45, 2.75) is 38.3 Å². The van der Waals surface area contributed by atoms with E-state index in [4.69, 9.17) is 5.73 Å². The van der Waals surface area contributed by atoms with E-state index >= 15 is 0 Å². The molecule has 0 amide bonds. The summed E-state index contributed by atoms with van der Waals surface area (Å²) in [5.74, 6) is -0.649. The van der Waals surface area contributed by atoms with Crippen molar-refractivity contribution in [3.8, 4) is 0 Å². The van der Waals surface area contributed by atoms with Crippen LogP contribution < -0.4 is 11.1 Å². The van der Waals surface area contributed by atoms with E-state index in [0.717, 1.165) is 19.5 Å². The van der Waals surface area contributed by atoms with Crippen LogP contribution in [0.15, 0.2) is 0 Å². The molecule has 2 nitrogen and oxygen atoms in total. The number of halogens is 3. The van der Waals surface area contributed by atoms with Crippen molar-refractivity contribution in [1.29, 1.82) is 0 Å². The highest BCUT2D eigenvalue weighted by Gasteiger charge is 2.41. The Bertz CT molecular complexity index is 186. The molecule has 0 unspecified atom stereocenters. The molecule has 0 radical (unpaired) electrons. The summed E-state index contributed by atoms with van der Waals surface area (Å²) < 4.78 is 37.2. The number of hydrogen-bond acceptors (Lipinski definition) is 2. The van der Waals surface area contributed by atoms with Crippen molar-refractivity contribution in [3.63, 3.8) is 0 Å². The Kier molecular flexibility index (Phi) is 5.55. The van der Waals surface area contributed by atoms with Crippen LogP contribution in [0.2, 0.25) is 0 Å². The first-order valence-corrected chi connectivity index (χ1v) is 6.01. The summed E-state index contributed by atoms with van der Waals surface area (Å²) in [6, 6.07) is 0. The normalized spacial score (nSPS) is 27.0. The maximum atomic E-state index is 12.4. The molecule has 0 saturated heterocycles. The summed E-state index contributed by atoms with van der Waals surface area (Å²) in [6.45, 7) is 2.37. The molecule has 96 valence electrons. The van der Waals surface area contributed by atoms with Crippen molar-refractivity contribution in [2.75, 3.05) is 19.6 Å². The summed E-state index contributed by atoms with van der Waals surface area (Å²) >= 11 is 0. The van der Waals surface area contributed by atoms with Gasteiger partial charge in [-0.2, -0.15) is 13.2 Å².